The zero-order valence-corrected chi connectivity index (χ0v) is 20.7. The maximum atomic E-state index is 14.0. The van der Waals surface area contributed by atoms with Crippen molar-refractivity contribution in [1.29, 1.82) is 0 Å². The van der Waals surface area contributed by atoms with Gasteiger partial charge in [0, 0.05) is 10.6 Å². The lowest BCUT2D eigenvalue weighted by molar-refractivity contribution is -0.132. The number of methoxy groups -OCH3 is 1. The molecule has 0 aliphatic carbocycles. The number of benzene rings is 2. The molecule has 0 radical (unpaired) electrons. The molecule has 1 atom stereocenters. The summed E-state index contributed by atoms with van der Waals surface area (Å²) in [5, 5.41) is 13.0. The highest BCUT2D eigenvalue weighted by Crippen LogP contribution is 2.44. The summed E-state index contributed by atoms with van der Waals surface area (Å²) in [6.07, 6.45) is 0. The predicted molar refractivity (Wildman–Crippen MR) is 134 cm³/mol. The molecule has 2 heterocycles. The van der Waals surface area contributed by atoms with Gasteiger partial charge in [-0.3, -0.25) is 14.5 Å². The molecule has 0 spiro atoms. The van der Waals surface area contributed by atoms with Gasteiger partial charge in [0.25, 0.3) is 11.7 Å². The lowest BCUT2D eigenvalue weighted by Crippen LogP contribution is -2.29. The molecule has 0 saturated carbocycles. The first-order chi connectivity index (χ1) is 17.2. The third kappa shape index (κ3) is 4.74. The Hall–Kier alpha value is -3.98. The largest absolute Gasteiger partial charge is 0.507 e. The number of thiophene rings is 1. The summed E-state index contributed by atoms with van der Waals surface area (Å²) in [5.41, 5.74) is 0.418. The highest BCUT2D eigenvalue weighted by molar-refractivity contribution is 7.10. The van der Waals surface area contributed by atoms with Crippen LogP contribution in [0.1, 0.15) is 40.7 Å². The molecule has 1 aliphatic heterocycles. The molecule has 1 fully saturated rings. The summed E-state index contributed by atoms with van der Waals surface area (Å²) in [7, 11) is 1.35. The lowest BCUT2D eigenvalue weighted by atomic mass is 9.99. The van der Waals surface area contributed by atoms with Crippen LogP contribution in [-0.4, -0.2) is 36.5 Å². The summed E-state index contributed by atoms with van der Waals surface area (Å²) in [4.78, 5) is 40.6. The first kappa shape index (κ1) is 25.1. The second kappa shape index (κ2) is 10.3. The monoisotopic (exact) mass is 509 g/mol. The summed E-state index contributed by atoms with van der Waals surface area (Å²) >= 11 is 1.30. The Balaban J connectivity index is 1.79. The van der Waals surface area contributed by atoms with Gasteiger partial charge < -0.3 is 14.6 Å². The topological polar surface area (TPSA) is 93.1 Å². The van der Waals surface area contributed by atoms with Crippen LogP contribution in [0.2, 0.25) is 0 Å². The summed E-state index contributed by atoms with van der Waals surface area (Å²) in [6, 6.07) is 12.2. The van der Waals surface area contributed by atoms with E-state index in [0.29, 0.717) is 16.1 Å². The molecule has 7 nitrogen and oxygen atoms in total. The van der Waals surface area contributed by atoms with Crippen LogP contribution >= 0.6 is 11.3 Å². The fourth-order valence-electron chi connectivity index (χ4n) is 3.91. The highest BCUT2D eigenvalue weighted by atomic mass is 32.1. The fraction of sp³-hybridized carbons (Fsp3) is 0.222. The minimum absolute atomic E-state index is 0.0414. The number of rotatable bonds is 7. The molecule has 1 aromatic heterocycles. The number of halogens is 1. The molecular formula is C27H24FNO6S. The van der Waals surface area contributed by atoms with Crippen LogP contribution in [0.3, 0.4) is 0 Å². The van der Waals surface area contributed by atoms with Crippen molar-refractivity contribution in [3.8, 4) is 5.75 Å². The Bertz CT molecular complexity index is 1330. The van der Waals surface area contributed by atoms with E-state index in [0.717, 1.165) is 6.07 Å². The minimum atomic E-state index is -0.961. The number of hydrogen-bond acceptors (Lipinski definition) is 7. The van der Waals surface area contributed by atoms with Crippen molar-refractivity contribution in [3.63, 3.8) is 0 Å². The first-order valence-corrected chi connectivity index (χ1v) is 12.1. The van der Waals surface area contributed by atoms with Crippen molar-refractivity contribution in [1.82, 2.24) is 0 Å². The fourth-order valence-corrected chi connectivity index (χ4v) is 4.73. The Labute approximate surface area is 211 Å². The van der Waals surface area contributed by atoms with E-state index < -0.39 is 35.3 Å². The number of carbonyl (C=O) groups is 3. The molecule has 36 heavy (non-hydrogen) atoms. The third-order valence-corrected chi connectivity index (χ3v) is 6.53. The van der Waals surface area contributed by atoms with Crippen molar-refractivity contribution < 1.29 is 33.4 Å². The lowest BCUT2D eigenvalue weighted by Gasteiger charge is -2.24. The van der Waals surface area contributed by atoms with E-state index >= 15 is 0 Å². The van der Waals surface area contributed by atoms with Gasteiger partial charge in [0.2, 0.25) is 0 Å². The second-order valence-corrected chi connectivity index (χ2v) is 9.55. The van der Waals surface area contributed by atoms with E-state index in [-0.39, 0.29) is 29.4 Å². The van der Waals surface area contributed by atoms with Crippen molar-refractivity contribution in [2.75, 3.05) is 18.6 Å². The Morgan fingerprint density at radius 1 is 1.14 bits per heavy atom. The molecule has 4 rings (SSSR count). The standard InChI is InChI=1S/C27H24FNO6S/c1-15(2)14-35-27(33)16-6-9-18(10-7-16)29-23(21-5-4-12-36-21)22(25(31)26(29)32)24(30)19-13-17(28)8-11-20(19)34-3/h4-13,15,23,30H,14H2,1-3H3/b24-22-. The molecule has 1 unspecified atom stereocenters. The molecule has 1 aliphatic rings. The van der Waals surface area contributed by atoms with Crippen LogP contribution in [0.4, 0.5) is 10.1 Å². The quantitative estimate of drug-likeness (QED) is 0.200. The number of nitrogens with zero attached hydrogens (tertiary/aromatic N) is 1. The normalized spacial score (nSPS) is 17.0. The zero-order chi connectivity index (χ0) is 26.0. The van der Waals surface area contributed by atoms with Crippen molar-refractivity contribution in [3.05, 3.63) is 87.4 Å². The molecule has 3 aromatic rings. The number of amides is 1. The van der Waals surface area contributed by atoms with E-state index in [2.05, 4.69) is 0 Å². The first-order valence-electron chi connectivity index (χ1n) is 11.2. The number of hydrogen-bond donors (Lipinski definition) is 1. The van der Waals surface area contributed by atoms with Gasteiger partial charge in [-0.2, -0.15) is 0 Å². The number of aliphatic hydroxyl groups is 1. The Morgan fingerprint density at radius 3 is 2.47 bits per heavy atom. The maximum absolute atomic E-state index is 14.0. The predicted octanol–water partition coefficient (Wildman–Crippen LogP) is 5.33. The number of aliphatic hydroxyl groups excluding tert-OH is 1. The van der Waals surface area contributed by atoms with Crippen LogP contribution in [-0.2, 0) is 14.3 Å². The molecule has 2 aromatic carbocycles. The molecule has 9 heteroatoms. The number of anilines is 1. The van der Waals surface area contributed by atoms with Crippen LogP contribution in [0.15, 0.2) is 65.6 Å². The van der Waals surface area contributed by atoms with Crippen LogP contribution < -0.4 is 9.64 Å². The van der Waals surface area contributed by atoms with Crippen molar-refractivity contribution in [2.24, 2.45) is 5.92 Å². The van der Waals surface area contributed by atoms with Crippen LogP contribution in [0.25, 0.3) is 5.76 Å². The number of ether oxygens (including phenoxy) is 2. The van der Waals surface area contributed by atoms with E-state index in [1.54, 1.807) is 29.6 Å². The van der Waals surface area contributed by atoms with Gasteiger partial charge in [0.05, 0.1) is 30.4 Å². The molecule has 1 N–H and O–H groups in total. The summed E-state index contributed by atoms with van der Waals surface area (Å²) in [6.45, 7) is 4.13. The smallest absolute Gasteiger partial charge is 0.338 e. The zero-order valence-electron chi connectivity index (χ0n) is 19.9. The molecule has 1 saturated heterocycles. The maximum Gasteiger partial charge on any atom is 0.338 e. The van der Waals surface area contributed by atoms with Crippen LogP contribution in [0.5, 0.6) is 5.75 Å². The number of carbonyl (C=O) groups excluding carboxylic acids is 3. The Morgan fingerprint density at radius 2 is 1.86 bits per heavy atom. The summed E-state index contributed by atoms with van der Waals surface area (Å²) < 4.78 is 24.5. The van der Waals surface area contributed by atoms with Gasteiger partial charge in [-0.1, -0.05) is 19.9 Å². The van der Waals surface area contributed by atoms with E-state index in [4.69, 9.17) is 9.47 Å². The van der Waals surface area contributed by atoms with E-state index in [1.807, 2.05) is 13.8 Å². The molecule has 186 valence electrons. The van der Waals surface area contributed by atoms with Gasteiger partial charge in [-0.25, -0.2) is 9.18 Å². The van der Waals surface area contributed by atoms with Gasteiger partial charge >= 0.3 is 5.97 Å². The van der Waals surface area contributed by atoms with Gasteiger partial charge in [-0.05, 0) is 59.8 Å². The average Bonchev–Trinajstić information content (AvgIpc) is 3.49. The average molecular weight is 510 g/mol. The number of Topliss-reactive ketones (excluding diaryl/α,β-unsaturated/α-hetero) is 1. The van der Waals surface area contributed by atoms with E-state index in [1.165, 1.54) is 47.6 Å². The SMILES string of the molecule is COc1ccc(F)cc1/C(O)=C1/C(=O)C(=O)N(c2ccc(C(=O)OCC(C)C)cc2)C1c1cccs1. The molecule has 1 amide bonds. The number of ketones is 1. The number of esters is 1. The summed E-state index contributed by atoms with van der Waals surface area (Å²) in [5.74, 6) is -3.13. The van der Waals surface area contributed by atoms with Gasteiger partial charge in [0.15, 0.2) is 0 Å². The van der Waals surface area contributed by atoms with Gasteiger partial charge in [0.1, 0.15) is 23.4 Å². The highest BCUT2D eigenvalue weighted by Gasteiger charge is 2.47. The van der Waals surface area contributed by atoms with Crippen LogP contribution in [0, 0.1) is 11.7 Å². The third-order valence-electron chi connectivity index (χ3n) is 5.60. The van der Waals surface area contributed by atoms with E-state index in [9.17, 15) is 23.9 Å². The van der Waals surface area contributed by atoms with Crippen molar-refractivity contribution >= 4 is 40.4 Å². The van der Waals surface area contributed by atoms with Gasteiger partial charge in [-0.15, -0.1) is 11.3 Å². The Kier molecular flexibility index (Phi) is 7.21. The second-order valence-electron chi connectivity index (χ2n) is 8.57. The minimum Gasteiger partial charge on any atom is -0.507 e. The molecular weight excluding hydrogens is 485 g/mol. The molecule has 0 bridgehead atoms. The van der Waals surface area contributed by atoms with Crippen molar-refractivity contribution in [2.45, 2.75) is 19.9 Å².